The summed E-state index contributed by atoms with van der Waals surface area (Å²) in [6.07, 6.45) is 0. The third kappa shape index (κ3) is 2.31. The molecule has 1 aliphatic heterocycles. The monoisotopic (exact) mass is 223 g/mol. The average Bonchev–Trinajstić information content (AvgIpc) is 2.18. The number of halogens is 1. The number of hydrogen-bond acceptors (Lipinski definition) is 3. The Hall–Kier alpha value is -1.05. The fourth-order valence-electron chi connectivity index (χ4n) is 1.30. The van der Waals surface area contributed by atoms with Crippen LogP contribution in [0.25, 0.3) is 0 Å². The van der Waals surface area contributed by atoms with Crippen molar-refractivity contribution in [3.05, 3.63) is 35.1 Å². The number of thioether (sulfide) groups is 1. The summed E-state index contributed by atoms with van der Waals surface area (Å²) in [5.74, 6) is 0.225. The molecule has 2 nitrogen and oxygen atoms in total. The lowest BCUT2D eigenvalue weighted by atomic mass is 10.1. The number of ether oxygens (including phenoxy) is 1. The second-order valence-electron chi connectivity index (χ2n) is 3.36. The van der Waals surface area contributed by atoms with E-state index in [-0.39, 0.29) is 11.4 Å². The minimum atomic E-state index is -0.382. The van der Waals surface area contributed by atoms with Crippen LogP contribution in [0.1, 0.15) is 11.1 Å². The van der Waals surface area contributed by atoms with E-state index in [0.717, 1.165) is 13.2 Å². The molecule has 15 heavy (non-hydrogen) atoms. The molecule has 1 saturated heterocycles. The van der Waals surface area contributed by atoms with Crippen LogP contribution in [0, 0.1) is 17.1 Å². The molecule has 1 aromatic rings. The number of nitrogens with zero attached hydrogens (tertiary/aromatic N) is 1. The third-order valence-corrected chi connectivity index (χ3v) is 3.50. The van der Waals surface area contributed by atoms with E-state index in [1.54, 1.807) is 23.9 Å². The zero-order chi connectivity index (χ0) is 10.7. The Labute approximate surface area is 92.0 Å². The van der Waals surface area contributed by atoms with Crippen LogP contribution in [-0.2, 0) is 10.5 Å². The lowest BCUT2D eigenvalue weighted by Crippen LogP contribution is -2.30. The topological polar surface area (TPSA) is 33.0 Å². The Kier molecular flexibility index (Phi) is 3.24. The molecule has 1 heterocycles. The molecule has 1 aliphatic rings. The van der Waals surface area contributed by atoms with Gasteiger partial charge in [-0.3, -0.25) is 0 Å². The number of rotatable bonds is 3. The second-order valence-corrected chi connectivity index (χ2v) is 4.65. The van der Waals surface area contributed by atoms with Crippen LogP contribution in [0.4, 0.5) is 4.39 Å². The van der Waals surface area contributed by atoms with E-state index in [2.05, 4.69) is 0 Å². The van der Waals surface area contributed by atoms with Crippen LogP contribution in [0.15, 0.2) is 18.2 Å². The minimum Gasteiger partial charge on any atom is -0.379 e. The second kappa shape index (κ2) is 4.65. The van der Waals surface area contributed by atoms with Crippen molar-refractivity contribution in [1.29, 1.82) is 5.26 Å². The van der Waals surface area contributed by atoms with Gasteiger partial charge in [0.05, 0.1) is 24.0 Å². The minimum absolute atomic E-state index is 0.123. The molecule has 4 heteroatoms. The first-order chi connectivity index (χ1) is 7.31. The molecule has 0 unspecified atom stereocenters. The van der Waals surface area contributed by atoms with Gasteiger partial charge in [0.15, 0.2) is 0 Å². The highest BCUT2D eigenvalue weighted by Crippen LogP contribution is 2.25. The van der Waals surface area contributed by atoms with E-state index in [1.807, 2.05) is 6.07 Å². The van der Waals surface area contributed by atoms with Gasteiger partial charge >= 0.3 is 0 Å². The van der Waals surface area contributed by atoms with E-state index in [0.29, 0.717) is 16.6 Å². The first-order valence-electron chi connectivity index (χ1n) is 4.68. The van der Waals surface area contributed by atoms with Gasteiger partial charge in [0.2, 0.25) is 0 Å². The van der Waals surface area contributed by atoms with Gasteiger partial charge in [-0.15, -0.1) is 11.8 Å². The first-order valence-corrected chi connectivity index (χ1v) is 5.73. The molecule has 0 atom stereocenters. The number of benzene rings is 1. The maximum atomic E-state index is 13.6. The lowest BCUT2D eigenvalue weighted by molar-refractivity contribution is 0.0455. The highest BCUT2D eigenvalue weighted by atomic mass is 32.2. The molecule has 0 radical (unpaired) electrons. The van der Waals surface area contributed by atoms with Crippen LogP contribution < -0.4 is 0 Å². The fourth-order valence-corrected chi connectivity index (χ4v) is 2.32. The standard InChI is InChI=1S/C11H10FNOS/c12-11-8(4-13)2-1-3-9(11)7-15-10-5-14-6-10/h1-3,10H,5-7H2. The zero-order valence-corrected chi connectivity index (χ0v) is 8.89. The van der Waals surface area contributed by atoms with E-state index < -0.39 is 0 Å². The molecule has 0 amide bonds. The van der Waals surface area contributed by atoms with Crippen LogP contribution in [0.5, 0.6) is 0 Å². The Morgan fingerprint density at radius 2 is 2.33 bits per heavy atom. The maximum absolute atomic E-state index is 13.6. The molecule has 1 aromatic carbocycles. The highest BCUT2D eigenvalue weighted by molar-refractivity contribution is 7.99. The number of hydrogen-bond donors (Lipinski definition) is 0. The lowest BCUT2D eigenvalue weighted by Gasteiger charge is -2.25. The van der Waals surface area contributed by atoms with Crippen molar-refractivity contribution < 1.29 is 9.13 Å². The molecule has 78 valence electrons. The summed E-state index contributed by atoms with van der Waals surface area (Å²) in [7, 11) is 0. The average molecular weight is 223 g/mol. The molecular formula is C11H10FNOS. The molecule has 2 rings (SSSR count). The van der Waals surface area contributed by atoms with Gasteiger partial charge in [0.1, 0.15) is 11.9 Å². The van der Waals surface area contributed by atoms with E-state index in [4.69, 9.17) is 10.00 Å². The Morgan fingerprint density at radius 1 is 1.53 bits per heavy atom. The fraction of sp³-hybridized carbons (Fsp3) is 0.364. The van der Waals surface area contributed by atoms with Crippen LogP contribution in [-0.4, -0.2) is 18.5 Å². The predicted molar refractivity (Wildman–Crippen MR) is 57.0 cm³/mol. The molecule has 1 fully saturated rings. The zero-order valence-electron chi connectivity index (χ0n) is 8.07. The van der Waals surface area contributed by atoms with Gasteiger partial charge in [-0.1, -0.05) is 12.1 Å². The molecule has 0 aliphatic carbocycles. The molecular weight excluding hydrogens is 213 g/mol. The normalized spacial score (nSPS) is 15.7. The highest BCUT2D eigenvalue weighted by Gasteiger charge is 2.19. The van der Waals surface area contributed by atoms with Crippen LogP contribution in [0.2, 0.25) is 0 Å². The van der Waals surface area contributed by atoms with Gasteiger partial charge in [-0.05, 0) is 11.6 Å². The van der Waals surface area contributed by atoms with Gasteiger partial charge < -0.3 is 4.74 Å². The molecule has 0 spiro atoms. The van der Waals surface area contributed by atoms with E-state index in [1.165, 1.54) is 6.07 Å². The van der Waals surface area contributed by atoms with Crippen molar-refractivity contribution in [2.24, 2.45) is 0 Å². The summed E-state index contributed by atoms with van der Waals surface area (Å²) >= 11 is 1.68. The maximum Gasteiger partial charge on any atom is 0.144 e. The van der Waals surface area contributed by atoms with Gasteiger partial charge in [-0.25, -0.2) is 4.39 Å². The summed E-state index contributed by atoms with van der Waals surface area (Å²) in [4.78, 5) is 0. The predicted octanol–water partition coefficient (Wildman–Crippen LogP) is 2.33. The summed E-state index contributed by atoms with van der Waals surface area (Å²) in [6, 6.07) is 6.78. The molecule has 0 N–H and O–H groups in total. The largest absolute Gasteiger partial charge is 0.379 e. The van der Waals surface area contributed by atoms with Gasteiger partial charge in [0, 0.05) is 5.75 Å². The van der Waals surface area contributed by atoms with Gasteiger partial charge in [0.25, 0.3) is 0 Å². The quantitative estimate of drug-likeness (QED) is 0.788. The van der Waals surface area contributed by atoms with Crippen molar-refractivity contribution in [3.8, 4) is 6.07 Å². The van der Waals surface area contributed by atoms with E-state index >= 15 is 0 Å². The Balaban J connectivity index is 2.04. The van der Waals surface area contributed by atoms with Crippen LogP contribution in [0.3, 0.4) is 0 Å². The van der Waals surface area contributed by atoms with Crippen molar-refractivity contribution in [2.45, 2.75) is 11.0 Å². The summed E-state index contributed by atoms with van der Waals surface area (Å²) in [5.41, 5.74) is 0.726. The molecule has 0 saturated carbocycles. The first kappa shape index (κ1) is 10.5. The SMILES string of the molecule is N#Cc1cccc(CSC2COC2)c1F. The summed E-state index contributed by atoms with van der Waals surface area (Å²) < 4.78 is 18.6. The molecule has 0 aromatic heterocycles. The van der Waals surface area contributed by atoms with Gasteiger partial charge in [-0.2, -0.15) is 5.26 Å². The van der Waals surface area contributed by atoms with Crippen molar-refractivity contribution in [2.75, 3.05) is 13.2 Å². The van der Waals surface area contributed by atoms with Crippen molar-refractivity contribution >= 4 is 11.8 Å². The summed E-state index contributed by atoms with van der Waals surface area (Å²) in [5, 5.41) is 9.14. The third-order valence-electron chi connectivity index (χ3n) is 2.28. The molecule has 0 bridgehead atoms. The Morgan fingerprint density at radius 3 is 2.93 bits per heavy atom. The number of nitriles is 1. The summed E-state index contributed by atoms with van der Waals surface area (Å²) in [6.45, 7) is 1.51. The Bertz CT molecular complexity index is 398. The smallest absolute Gasteiger partial charge is 0.144 e. The van der Waals surface area contributed by atoms with Crippen molar-refractivity contribution in [1.82, 2.24) is 0 Å². The van der Waals surface area contributed by atoms with Crippen LogP contribution >= 0.6 is 11.8 Å². The van der Waals surface area contributed by atoms with Crippen molar-refractivity contribution in [3.63, 3.8) is 0 Å². The van der Waals surface area contributed by atoms with E-state index in [9.17, 15) is 4.39 Å².